The summed E-state index contributed by atoms with van der Waals surface area (Å²) in [5, 5.41) is 0. The first-order valence-electron chi connectivity index (χ1n) is 6.73. The van der Waals surface area contributed by atoms with Gasteiger partial charge in [-0.05, 0) is 45.1 Å². The van der Waals surface area contributed by atoms with Crippen LogP contribution >= 0.6 is 0 Å². The number of rotatable bonds is 6. The third-order valence-corrected chi connectivity index (χ3v) is 3.35. The van der Waals surface area contributed by atoms with E-state index in [0.717, 1.165) is 12.8 Å². The van der Waals surface area contributed by atoms with Gasteiger partial charge in [0.05, 0.1) is 12.0 Å². The summed E-state index contributed by atoms with van der Waals surface area (Å²) in [5.74, 6) is 0.310. The highest BCUT2D eigenvalue weighted by atomic mass is 16.5. The number of benzene rings is 1. The predicted molar refractivity (Wildman–Crippen MR) is 74.5 cm³/mol. The van der Waals surface area contributed by atoms with Crippen LogP contribution in [0.5, 0.6) is 0 Å². The smallest absolute Gasteiger partial charge is 0.311 e. The molecule has 0 spiro atoms. The summed E-state index contributed by atoms with van der Waals surface area (Å²) in [7, 11) is 0. The van der Waals surface area contributed by atoms with Gasteiger partial charge in [-0.2, -0.15) is 0 Å². The van der Waals surface area contributed by atoms with Crippen molar-refractivity contribution >= 4 is 5.97 Å². The van der Waals surface area contributed by atoms with E-state index in [-0.39, 0.29) is 5.97 Å². The Morgan fingerprint density at radius 1 is 1.22 bits per heavy atom. The summed E-state index contributed by atoms with van der Waals surface area (Å²) in [6.45, 7) is 8.40. The summed E-state index contributed by atoms with van der Waals surface area (Å²) in [4.78, 5) is 11.9. The van der Waals surface area contributed by atoms with Gasteiger partial charge in [0.1, 0.15) is 0 Å². The molecule has 1 aromatic rings. The molecule has 1 atom stereocenters. The molecular weight excluding hydrogens is 224 g/mol. The fraction of sp³-hybridized carbons (Fsp3) is 0.562. The highest BCUT2D eigenvalue weighted by Crippen LogP contribution is 2.34. The molecule has 18 heavy (non-hydrogen) atoms. The van der Waals surface area contributed by atoms with E-state index in [2.05, 4.69) is 31.2 Å². The highest BCUT2D eigenvalue weighted by molar-refractivity contribution is 5.76. The maximum Gasteiger partial charge on any atom is 0.311 e. The minimum atomic E-state index is -0.424. The average Bonchev–Trinajstić information content (AvgIpc) is 2.37. The molecule has 0 amide bonds. The summed E-state index contributed by atoms with van der Waals surface area (Å²) < 4.78 is 5.15. The first-order valence-corrected chi connectivity index (χ1v) is 6.73. The third kappa shape index (κ3) is 3.86. The van der Waals surface area contributed by atoms with Crippen LogP contribution in [0.4, 0.5) is 0 Å². The number of carbonyl (C=O) groups excluding carboxylic acids is 1. The monoisotopic (exact) mass is 248 g/mol. The van der Waals surface area contributed by atoms with Crippen LogP contribution in [-0.2, 0) is 9.53 Å². The van der Waals surface area contributed by atoms with Gasteiger partial charge in [-0.1, -0.05) is 37.3 Å². The quantitative estimate of drug-likeness (QED) is 0.707. The Bertz CT molecular complexity index is 368. The van der Waals surface area contributed by atoms with Gasteiger partial charge >= 0.3 is 5.97 Å². The second kappa shape index (κ2) is 6.58. The first-order chi connectivity index (χ1) is 8.51. The van der Waals surface area contributed by atoms with Gasteiger partial charge in [-0.3, -0.25) is 4.79 Å². The molecule has 2 nitrogen and oxygen atoms in total. The summed E-state index contributed by atoms with van der Waals surface area (Å²) >= 11 is 0. The Hall–Kier alpha value is -1.31. The van der Waals surface area contributed by atoms with Crippen LogP contribution in [0.15, 0.2) is 30.3 Å². The van der Waals surface area contributed by atoms with E-state index >= 15 is 0 Å². The maximum absolute atomic E-state index is 11.9. The van der Waals surface area contributed by atoms with Crippen LogP contribution in [0.1, 0.15) is 52.0 Å². The van der Waals surface area contributed by atoms with Crippen molar-refractivity contribution in [2.24, 2.45) is 5.41 Å². The van der Waals surface area contributed by atoms with Crippen molar-refractivity contribution in [3.63, 3.8) is 0 Å². The largest absolute Gasteiger partial charge is 0.466 e. The zero-order valence-electron chi connectivity index (χ0n) is 11.9. The van der Waals surface area contributed by atoms with Gasteiger partial charge in [0.25, 0.3) is 0 Å². The molecule has 0 radical (unpaired) electrons. The molecule has 0 heterocycles. The van der Waals surface area contributed by atoms with E-state index in [9.17, 15) is 4.79 Å². The first kappa shape index (κ1) is 14.7. The molecule has 0 fully saturated rings. The van der Waals surface area contributed by atoms with Crippen LogP contribution in [0.3, 0.4) is 0 Å². The standard InChI is InChI=1S/C16H24O2/c1-5-13(14-10-8-7-9-11-14)12-16(3,4)15(17)18-6-2/h7-11,13H,5-6,12H2,1-4H3. The van der Waals surface area contributed by atoms with Gasteiger partial charge in [-0.15, -0.1) is 0 Å². The lowest BCUT2D eigenvalue weighted by atomic mass is 9.79. The molecule has 0 aliphatic carbocycles. The van der Waals surface area contributed by atoms with E-state index in [1.807, 2.05) is 26.8 Å². The molecular formula is C16H24O2. The lowest BCUT2D eigenvalue weighted by Crippen LogP contribution is -2.28. The summed E-state index contributed by atoms with van der Waals surface area (Å²) in [5.41, 5.74) is 0.879. The topological polar surface area (TPSA) is 26.3 Å². The van der Waals surface area contributed by atoms with Crippen LogP contribution in [0, 0.1) is 5.41 Å². The molecule has 0 aromatic heterocycles. The Morgan fingerprint density at radius 3 is 2.33 bits per heavy atom. The SMILES string of the molecule is CCOC(=O)C(C)(C)CC(CC)c1ccccc1. The van der Waals surface area contributed by atoms with Crippen molar-refractivity contribution in [1.82, 2.24) is 0 Å². The Kier molecular flexibility index (Phi) is 5.39. The fourth-order valence-corrected chi connectivity index (χ4v) is 2.25. The van der Waals surface area contributed by atoms with Crippen molar-refractivity contribution in [1.29, 1.82) is 0 Å². The zero-order chi connectivity index (χ0) is 13.6. The number of esters is 1. The van der Waals surface area contributed by atoms with E-state index < -0.39 is 5.41 Å². The highest BCUT2D eigenvalue weighted by Gasteiger charge is 2.32. The van der Waals surface area contributed by atoms with E-state index in [4.69, 9.17) is 4.74 Å². The number of hydrogen-bond donors (Lipinski definition) is 0. The van der Waals surface area contributed by atoms with Gasteiger partial charge in [0.15, 0.2) is 0 Å². The normalized spacial score (nSPS) is 13.1. The minimum absolute atomic E-state index is 0.0978. The fourth-order valence-electron chi connectivity index (χ4n) is 2.25. The summed E-state index contributed by atoms with van der Waals surface area (Å²) in [6.07, 6.45) is 1.86. The molecule has 100 valence electrons. The Labute approximate surface area is 110 Å². The molecule has 0 aliphatic heterocycles. The predicted octanol–water partition coefficient (Wildman–Crippen LogP) is 4.16. The number of hydrogen-bond acceptors (Lipinski definition) is 2. The van der Waals surface area contributed by atoms with Crippen LogP contribution in [0.2, 0.25) is 0 Å². The molecule has 2 heteroatoms. The van der Waals surface area contributed by atoms with Crippen molar-refractivity contribution in [3.05, 3.63) is 35.9 Å². The lowest BCUT2D eigenvalue weighted by Gasteiger charge is -2.27. The Morgan fingerprint density at radius 2 is 1.83 bits per heavy atom. The summed E-state index contributed by atoms with van der Waals surface area (Å²) in [6, 6.07) is 10.4. The van der Waals surface area contributed by atoms with Crippen molar-refractivity contribution < 1.29 is 9.53 Å². The average molecular weight is 248 g/mol. The van der Waals surface area contributed by atoms with Gasteiger partial charge in [0.2, 0.25) is 0 Å². The molecule has 0 saturated carbocycles. The molecule has 0 bridgehead atoms. The lowest BCUT2D eigenvalue weighted by molar-refractivity contribution is -0.154. The van der Waals surface area contributed by atoms with E-state index in [1.165, 1.54) is 5.56 Å². The molecule has 1 unspecified atom stereocenters. The van der Waals surface area contributed by atoms with Crippen LogP contribution < -0.4 is 0 Å². The minimum Gasteiger partial charge on any atom is -0.466 e. The number of ether oxygens (including phenoxy) is 1. The maximum atomic E-state index is 11.9. The van der Waals surface area contributed by atoms with Crippen molar-refractivity contribution in [2.45, 2.75) is 46.5 Å². The second-order valence-corrected chi connectivity index (χ2v) is 5.32. The van der Waals surface area contributed by atoms with Crippen molar-refractivity contribution in [2.75, 3.05) is 6.61 Å². The zero-order valence-corrected chi connectivity index (χ0v) is 11.9. The molecule has 0 N–H and O–H groups in total. The van der Waals surface area contributed by atoms with Crippen molar-refractivity contribution in [3.8, 4) is 0 Å². The van der Waals surface area contributed by atoms with Gasteiger partial charge in [0, 0.05) is 0 Å². The van der Waals surface area contributed by atoms with Gasteiger partial charge < -0.3 is 4.74 Å². The molecule has 0 aliphatic rings. The Balaban J connectivity index is 2.77. The third-order valence-electron chi connectivity index (χ3n) is 3.35. The molecule has 0 saturated heterocycles. The number of carbonyl (C=O) groups is 1. The van der Waals surface area contributed by atoms with Crippen LogP contribution in [-0.4, -0.2) is 12.6 Å². The van der Waals surface area contributed by atoms with Crippen LogP contribution in [0.25, 0.3) is 0 Å². The van der Waals surface area contributed by atoms with Gasteiger partial charge in [-0.25, -0.2) is 0 Å². The van der Waals surface area contributed by atoms with E-state index in [1.54, 1.807) is 0 Å². The molecule has 1 aromatic carbocycles. The van der Waals surface area contributed by atoms with E-state index in [0.29, 0.717) is 12.5 Å². The molecule has 1 rings (SSSR count). The second-order valence-electron chi connectivity index (χ2n) is 5.32.